The summed E-state index contributed by atoms with van der Waals surface area (Å²) in [5.41, 5.74) is 2.26. The second-order valence-corrected chi connectivity index (χ2v) is 6.73. The van der Waals surface area contributed by atoms with E-state index >= 15 is 0 Å². The maximum Gasteiger partial charge on any atom is 0.297 e. The highest BCUT2D eigenvalue weighted by molar-refractivity contribution is 7.86. The van der Waals surface area contributed by atoms with Crippen LogP contribution in [0.15, 0.2) is 53.4 Å². The van der Waals surface area contributed by atoms with Gasteiger partial charge in [0.2, 0.25) is 0 Å². The summed E-state index contributed by atoms with van der Waals surface area (Å²) in [4.78, 5) is 17.2. The fourth-order valence-corrected chi connectivity index (χ4v) is 3.12. The summed E-state index contributed by atoms with van der Waals surface area (Å²) >= 11 is 0. The quantitative estimate of drug-likeness (QED) is 0.644. The number of imidazole rings is 1. The van der Waals surface area contributed by atoms with Crippen LogP contribution in [0, 0.1) is 0 Å². The van der Waals surface area contributed by atoms with Crippen LogP contribution in [0.4, 0.5) is 0 Å². The monoisotopic (exact) mass is 347 g/mol. The molecule has 124 valence electrons. The van der Waals surface area contributed by atoms with Crippen molar-refractivity contribution in [1.82, 2.24) is 4.98 Å². The zero-order valence-corrected chi connectivity index (χ0v) is 13.3. The number of carbonyl (C=O) groups is 1. The number of aliphatic hydroxyl groups is 1. The SMILES string of the molecule is O=C(CO)COS(=O)(=O)c1ccc2[nH+]c(-c3ccccc3)[nH]c2c1. The van der Waals surface area contributed by atoms with E-state index in [-0.39, 0.29) is 4.90 Å². The highest BCUT2D eigenvalue weighted by Gasteiger charge is 2.20. The molecule has 3 rings (SSSR count). The summed E-state index contributed by atoms with van der Waals surface area (Å²) < 4.78 is 28.8. The van der Waals surface area contributed by atoms with Gasteiger partial charge in [-0.2, -0.15) is 8.42 Å². The third kappa shape index (κ3) is 3.35. The van der Waals surface area contributed by atoms with Crippen LogP contribution in [0.3, 0.4) is 0 Å². The van der Waals surface area contributed by atoms with Crippen molar-refractivity contribution >= 4 is 26.9 Å². The van der Waals surface area contributed by atoms with Crippen LogP contribution < -0.4 is 4.98 Å². The van der Waals surface area contributed by atoms with Gasteiger partial charge in [0.1, 0.15) is 13.2 Å². The van der Waals surface area contributed by atoms with Crippen molar-refractivity contribution in [3.8, 4) is 11.4 Å². The Hall–Kier alpha value is -2.55. The number of hydrogen-bond acceptors (Lipinski definition) is 5. The van der Waals surface area contributed by atoms with Crippen LogP contribution in [0.25, 0.3) is 22.4 Å². The number of aromatic amines is 2. The van der Waals surface area contributed by atoms with Gasteiger partial charge in [-0.05, 0) is 24.3 Å². The van der Waals surface area contributed by atoms with Crippen molar-refractivity contribution in [2.75, 3.05) is 13.2 Å². The minimum absolute atomic E-state index is 0.0735. The van der Waals surface area contributed by atoms with E-state index in [2.05, 4.69) is 14.2 Å². The molecule has 0 radical (unpaired) electrons. The van der Waals surface area contributed by atoms with Crippen molar-refractivity contribution in [2.45, 2.75) is 4.90 Å². The first-order valence-corrected chi connectivity index (χ1v) is 8.53. The van der Waals surface area contributed by atoms with Crippen LogP contribution in [0.5, 0.6) is 0 Å². The van der Waals surface area contributed by atoms with Crippen molar-refractivity contribution in [3.05, 3.63) is 48.5 Å². The van der Waals surface area contributed by atoms with Gasteiger partial charge >= 0.3 is 0 Å². The molecule has 0 aliphatic rings. The van der Waals surface area contributed by atoms with Crippen LogP contribution in [-0.2, 0) is 19.1 Å². The van der Waals surface area contributed by atoms with Gasteiger partial charge in [0.25, 0.3) is 15.9 Å². The molecule has 0 fully saturated rings. The van der Waals surface area contributed by atoms with Crippen LogP contribution in [-0.4, -0.2) is 37.5 Å². The van der Waals surface area contributed by atoms with Crippen molar-refractivity contribution in [2.24, 2.45) is 0 Å². The molecular formula is C16H15N2O5S+. The largest absolute Gasteiger partial charge is 0.388 e. The predicted molar refractivity (Wildman–Crippen MR) is 85.5 cm³/mol. The Morgan fingerprint density at radius 1 is 1.17 bits per heavy atom. The molecule has 3 N–H and O–H groups in total. The summed E-state index contributed by atoms with van der Waals surface area (Å²) in [6.45, 7) is -1.45. The third-order valence-corrected chi connectivity index (χ3v) is 4.67. The number of hydrogen-bond donors (Lipinski definition) is 2. The molecule has 0 saturated heterocycles. The Kier molecular flexibility index (Phi) is 4.43. The zero-order valence-electron chi connectivity index (χ0n) is 12.5. The maximum absolute atomic E-state index is 12.1. The topological polar surface area (TPSA) is 111 Å². The van der Waals surface area contributed by atoms with Crippen molar-refractivity contribution in [3.63, 3.8) is 0 Å². The summed E-state index contributed by atoms with van der Waals surface area (Å²) in [6, 6.07) is 14.0. The first-order valence-electron chi connectivity index (χ1n) is 7.12. The van der Waals surface area contributed by atoms with Crippen molar-refractivity contribution < 1.29 is 27.5 Å². The molecule has 0 atom stereocenters. The van der Waals surface area contributed by atoms with Gasteiger partial charge in [-0.1, -0.05) is 18.2 Å². The van der Waals surface area contributed by atoms with Gasteiger partial charge in [-0.25, -0.2) is 9.97 Å². The number of benzene rings is 2. The van der Waals surface area contributed by atoms with E-state index in [0.29, 0.717) is 5.52 Å². The summed E-state index contributed by atoms with van der Waals surface area (Å²) in [6.07, 6.45) is 0. The molecule has 1 aromatic heterocycles. The lowest BCUT2D eigenvalue weighted by atomic mass is 10.2. The van der Waals surface area contributed by atoms with Gasteiger partial charge < -0.3 is 5.11 Å². The summed E-state index contributed by atoms with van der Waals surface area (Å²) in [5, 5.41) is 8.62. The van der Waals surface area contributed by atoms with Crippen LogP contribution >= 0.6 is 0 Å². The standard InChI is InChI=1S/C16H14N2O5S/c19-9-12(20)10-23-24(21,22)13-6-7-14-15(8-13)18-16(17-14)11-4-2-1-3-5-11/h1-8,19H,9-10H2,(H,17,18)/p+1. The second-order valence-electron chi connectivity index (χ2n) is 5.11. The minimum atomic E-state index is -4.08. The smallest absolute Gasteiger partial charge is 0.297 e. The number of aliphatic hydroxyl groups excluding tert-OH is 1. The Bertz CT molecular complexity index is 980. The Morgan fingerprint density at radius 2 is 1.92 bits per heavy atom. The molecule has 0 saturated carbocycles. The second kappa shape index (κ2) is 6.52. The molecule has 7 nitrogen and oxygen atoms in total. The number of nitrogens with one attached hydrogen (secondary N) is 2. The zero-order chi connectivity index (χ0) is 17.2. The molecule has 0 amide bonds. The fourth-order valence-electron chi connectivity index (χ4n) is 2.20. The third-order valence-electron chi connectivity index (χ3n) is 3.41. The van der Waals surface area contributed by atoms with Crippen molar-refractivity contribution in [1.29, 1.82) is 0 Å². The Balaban J connectivity index is 1.92. The van der Waals surface area contributed by atoms with Crippen LogP contribution in [0.1, 0.15) is 0 Å². The van der Waals surface area contributed by atoms with E-state index in [1.165, 1.54) is 12.1 Å². The van der Waals surface area contributed by atoms with E-state index in [0.717, 1.165) is 16.9 Å². The van der Waals surface area contributed by atoms with E-state index in [1.54, 1.807) is 6.07 Å². The number of carbonyl (C=O) groups excluding carboxylic acids is 1. The first-order chi connectivity index (χ1) is 11.5. The molecule has 0 aliphatic heterocycles. The fraction of sp³-hybridized carbons (Fsp3) is 0.125. The molecule has 8 heteroatoms. The Labute approximate surface area is 138 Å². The van der Waals surface area contributed by atoms with E-state index < -0.39 is 29.1 Å². The number of H-pyrrole nitrogens is 2. The maximum atomic E-state index is 12.1. The van der Waals surface area contributed by atoms with Gasteiger partial charge in [-0.3, -0.25) is 8.98 Å². The average molecular weight is 347 g/mol. The summed E-state index contributed by atoms with van der Waals surface area (Å²) in [7, 11) is -4.08. The van der Waals surface area contributed by atoms with E-state index in [1.807, 2.05) is 30.3 Å². The Morgan fingerprint density at radius 3 is 2.62 bits per heavy atom. The van der Waals surface area contributed by atoms with Gasteiger partial charge in [0.05, 0.1) is 10.5 Å². The van der Waals surface area contributed by atoms with Crippen LogP contribution in [0.2, 0.25) is 0 Å². The molecule has 1 heterocycles. The lowest BCUT2D eigenvalue weighted by Gasteiger charge is -2.03. The molecular weight excluding hydrogens is 332 g/mol. The number of fused-ring (bicyclic) bond motifs is 1. The summed E-state index contributed by atoms with van der Waals surface area (Å²) in [5.74, 6) is 0.0377. The van der Waals surface area contributed by atoms with E-state index in [9.17, 15) is 13.2 Å². The normalized spacial score (nSPS) is 11.7. The molecule has 0 bridgehead atoms. The average Bonchev–Trinajstić information content (AvgIpc) is 3.03. The molecule has 0 aliphatic carbocycles. The molecule has 2 aromatic carbocycles. The molecule has 0 spiro atoms. The molecule has 24 heavy (non-hydrogen) atoms. The van der Waals surface area contributed by atoms with Gasteiger partial charge in [-0.15, -0.1) is 0 Å². The highest BCUT2D eigenvalue weighted by atomic mass is 32.2. The lowest BCUT2D eigenvalue weighted by molar-refractivity contribution is -0.330. The lowest BCUT2D eigenvalue weighted by Crippen LogP contribution is -2.17. The van der Waals surface area contributed by atoms with Gasteiger partial charge in [0, 0.05) is 6.07 Å². The number of Topliss-reactive ketones (excluding diaryl/α,β-unsaturated/α-hetero) is 1. The number of rotatable bonds is 6. The van der Waals surface area contributed by atoms with E-state index in [4.69, 9.17) is 5.11 Å². The number of aromatic nitrogens is 2. The first kappa shape index (κ1) is 16.3. The predicted octanol–water partition coefficient (Wildman–Crippen LogP) is 0.916. The highest BCUT2D eigenvalue weighted by Crippen LogP contribution is 2.20. The molecule has 0 unspecified atom stereocenters. The van der Waals surface area contributed by atoms with Gasteiger partial charge in [0.15, 0.2) is 16.8 Å². The number of ketones is 1. The molecule has 3 aromatic rings. The minimum Gasteiger partial charge on any atom is -0.388 e.